The fourth-order valence-corrected chi connectivity index (χ4v) is 5.35. The highest BCUT2D eigenvalue weighted by atomic mass is 127. The molecule has 8 heteroatoms. The standard InChI is InChI=1S/C23H20BrFIN3O2/c1-12-10-23(2,3)29(4)19-9-17(25)14(6-16(12)19)11-27-28-22(30)20-7-13-5-15(24)8-18(26)21(13)31-20/h5-11H,1-4H3,(H,28,30)/b27-11-. The number of amides is 1. The summed E-state index contributed by atoms with van der Waals surface area (Å²) in [6, 6.07) is 8.69. The molecule has 0 radical (unpaired) electrons. The Labute approximate surface area is 201 Å². The fraction of sp³-hybridized carbons (Fsp3) is 0.217. The van der Waals surface area contributed by atoms with Crippen LogP contribution in [0.3, 0.4) is 0 Å². The zero-order chi connectivity index (χ0) is 22.5. The predicted octanol–water partition coefficient (Wildman–Crippen LogP) is 6.33. The topological polar surface area (TPSA) is 57.8 Å². The minimum atomic E-state index is -0.504. The van der Waals surface area contributed by atoms with Gasteiger partial charge < -0.3 is 9.32 Å². The third-order valence-electron chi connectivity index (χ3n) is 5.46. The molecule has 1 aromatic heterocycles. The van der Waals surface area contributed by atoms with Crippen molar-refractivity contribution in [2.75, 3.05) is 11.9 Å². The number of carbonyl (C=O) groups excluding carboxylic acids is 1. The summed E-state index contributed by atoms with van der Waals surface area (Å²) in [5.74, 6) is -0.774. The van der Waals surface area contributed by atoms with Crippen LogP contribution in [0.2, 0.25) is 0 Å². The lowest BCUT2D eigenvalue weighted by Crippen LogP contribution is -2.42. The van der Waals surface area contributed by atoms with E-state index in [1.807, 2.05) is 31.0 Å². The van der Waals surface area contributed by atoms with Crippen LogP contribution in [0.25, 0.3) is 16.5 Å². The number of rotatable bonds is 3. The van der Waals surface area contributed by atoms with Gasteiger partial charge in [-0.05, 0) is 79.3 Å². The second-order valence-corrected chi connectivity index (χ2v) is 10.1. The van der Waals surface area contributed by atoms with Crippen LogP contribution in [0.5, 0.6) is 0 Å². The second kappa shape index (κ2) is 8.05. The average molecular weight is 596 g/mol. The number of furan rings is 1. The van der Waals surface area contributed by atoms with Crippen molar-refractivity contribution in [2.45, 2.75) is 26.3 Å². The zero-order valence-electron chi connectivity index (χ0n) is 17.4. The van der Waals surface area contributed by atoms with E-state index in [4.69, 9.17) is 4.42 Å². The first-order chi connectivity index (χ1) is 14.6. The number of fused-ring (bicyclic) bond motifs is 2. The molecule has 2 aromatic carbocycles. The normalized spacial score (nSPS) is 15.3. The van der Waals surface area contributed by atoms with Gasteiger partial charge in [-0.3, -0.25) is 4.79 Å². The van der Waals surface area contributed by atoms with E-state index in [1.54, 1.807) is 12.1 Å². The lowest BCUT2D eigenvalue weighted by Gasteiger charge is -2.40. The molecule has 0 saturated carbocycles. The number of hydrogen-bond acceptors (Lipinski definition) is 4. The summed E-state index contributed by atoms with van der Waals surface area (Å²) in [4.78, 5) is 14.5. The summed E-state index contributed by atoms with van der Waals surface area (Å²) >= 11 is 5.58. The van der Waals surface area contributed by atoms with Gasteiger partial charge in [0.2, 0.25) is 0 Å². The molecule has 31 heavy (non-hydrogen) atoms. The molecule has 0 saturated heterocycles. The first-order valence-electron chi connectivity index (χ1n) is 9.56. The molecule has 0 atom stereocenters. The average Bonchev–Trinajstić information content (AvgIpc) is 3.11. The molecule has 1 aliphatic heterocycles. The van der Waals surface area contributed by atoms with E-state index >= 15 is 0 Å². The van der Waals surface area contributed by atoms with E-state index < -0.39 is 11.7 Å². The Balaban J connectivity index is 1.57. The SMILES string of the molecule is CC1=CC(C)(C)N(C)c2cc(F)c(/C=N\NC(=O)c3cc4cc(Br)cc(I)c4o3)cc21. The van der Waals surface area contributed by atoms with Gasteiger partial charge in [0.25, 0.3) is 0 Å². The molecule has 5 nitrogen and oxygen atoms in total. The number of carbonyl (C=O) groups is 1. The van der Waals surface area contributed by atoms with E-state index in [2.05, 4.69) is 69.0 Å². The second-order valence-electron chi connectivity index (χ2n) is 8.05. The molecule has 1 N–H and O–H groups in total. The smallest absolute Gasteiger partial charge is 0.307 e. The van der Waals surface area contributed by atoms with Crippen molar-refractivity contribution in [1.82, 2.24) is 5.43 Å². The van der Waals surface area contributed by atoms with Crippen molar-refractivity contribution < 1.29 is 13.6 Å². The Bertz CT molecular complexity index is 1280. The molecular formula is C23H20BrFIN3O2. The van der Waals surface area contributed by atoms with Crippen LogP contribution in [-0.2, 0) is 0 Å². The minimum absolute atomic E-state index is 0.136. The van der Waals surface area contributed by atoms with Gasteiger partial charge in [-0.1, -0.05) is 22.0 Å². The quantitative estimate of drug-likeness (QED) is 0.219. The number of likely N-dealkylation sites (N-methyl/N-ethyl adjacent to an activating group) is 1. The van der Waals surface area contributed by atoms with Crippen LogP contribution in [0.1, 0.15) is 42.5 Å². The number of hydrogen-bond donors (Lipinski definition) is 1. The van der Waals surface area contributed by atoms with Crippen LogP contribution in [0.4, 0.5) is 10.1 Å². The van der Waals surface area contributed by atoms with Crippen molar-refractivity contribution in [3.63, 3.8) is 0 Å². The number of hydrazone groups is 1. The van der Waals surface area contributed by atoms with Crippen molar-refractivity contribution in [3.8, 4) is 0 Å². The Kier molecular flexibility index (Phi) is 5.72. The minimum Gasteiger partial charge on any atom is -0.450 e. The lowest BCUT2D eigenvalue weighted by molar-refractivity contribution is 0.0929. The van der Waals surface area contributed by atoms with Crippen LogP contribution in [-0.4, -0.2) is 24.7 Å². The molecule has 1 amide bonds. The van der Waals surface area contributed by atoms with Crippen LogP contribution >= 0.6 is 38.5 Å². The van der Waals surface area contributed by atoms with Gasteiger partial charge in [0.15, 0.2) is 5.76 Å². The summed E-state index contributed by atoms with van der Waals surface area (Å²) in [6.07, 6.45) is 3.46. The summed E-state index contributed by atoms with van der Waals surface area (Å²) in [6.45, 7) is 6.18. The lowest BCUT2D eigenvalue weighted by atomic mass is 9.88. The van der Waals surface area contributed by atoms with E-state index in [0.717, 1.165) is 30.3 Å². The molecule has 0 bridgehead atoms. The number of allylic oxidation sites excluding steroid dienone is 1. The summed E-state index contributed by atoms with van der Waals surface area (Å²) in [5, 5.41) is 4.75. The highest BCUT2D eigenvalue weighted by molar-refractivity contribution is 14.1. The van der Waals surface area contributed by atoms with E-state index in [9.17, 15) is 9.18 Å². The monoisotopic (exact) mass is 595 g/mol. The summed E-state index contributed by atoms with van der Waals surface area (Å²) in [5.41, 5.74) is 5.97. The number of anilines is 1. The van der Waals surface area contributed by atoms with Gasteiger partial charge in [0.05, 0.1) is 15.3 Å². The zero-order valence-corrected chi connectivity index (χ0v) is 21.1. The third kappa shape index (κ3) is 4.15. The van der Waals surface area contributed by atoms with Crippen molar-refractivity contribution in [3.05, 3.63) is 67.2 Å². The summed E-state index contributed by atoms with van der Waals surface area (Å²) < 4.78 is 22.2. The largest absolute Gasteiger partial charge is 0.450 e. The highest BCUT2D eigenvalue weighted by Crippen LogP contribution is 2.38. The van der Waals surface area contributed by atoms with E-state index in [-0.39, 0.29) is 11.3 Å². The molecular weight excluding hydrogens is 576 g/mol. The number of benzene rings is 2. The number of halogens is 3. The Hall–Kier alpha value is -2.20. The van der Waals surface area contributed by atoms with Gasteiger partial charge in [-0.25, -0.2) is 9.82 Å². The molecule has 0 unspecified atom stereocenters. The molecule has 1 aliphatic rings. The van der Waals surface area contributed by atoms with Gasteiger partial charge >= 0.3 is 5.91 Å². The molecule has 4 rings (SSSR count). The fourth-order valence-electron chi connectivity index (χ4n) is 3.69. The number of nitrogens with one attached hydrogen (secondary N) is 1. The maximum Gasteiger partial charge on any atom is 0.307 e. The molecule has 0 aliphatic carbocycles. The highest BCUT2D eigenvalue weighted by Gasteiger charge is 2.29. The van der Waals surface area contributed by atoms with Gasteiger partial charge in [0.1, 0.15) is 11.4 Å². The Morgan fingerprint density at radius 1 is 1.29 bits per heavy atom. The maximum atomic E-state index is 14.7. The van der Waals surface area contributed by atoms with E-state index in [0.29, 0.717) is 11.1 Å². The predicted molar refractivity (Wildman–Crippen MR) is 134 cm³/mol. The molecule has 3 aromatic rings. The Morgan fingerprint density at radius 2 is 2.03 bits per heavy atom. The van der Waals surface area contributed by atoms with Crippen molar-refractivity contribution >= 4 is 72.9 Å². The van der Waals surface area contributed by atoms with Gasteiger partial charge in [-0.2, -0.15) is 5.10 Å². The van der Waals surface area contributed by atoms with Gasteiger partial charge in [-0.15, -0.1) is 0 Å². The summed E-state index contributed by atoms with van der Waals surface area (Å²) in [7, 11) is 1.95. The van der Waals surface area contributed by atoms with Crippen LogP contribution in [0.15, 0.2) is 50.4 Å². The van der Waals surface area contributed by atoms with Crippen LogP contribution < -0.4 is 10.3 Å². The molecule has 160 valence electrons. The van der Waals surface area contributed by atoms with Gasteiger partial charge in [0, 0.05) is 33.7 Å². The van der Waals surface area contributed by atoms with E-state index in [1.165, 1.54) is 12.3 Å². The number of nitrogens with zero attached hydrogens (tertiary/aromatic N) is 2. The first kappa shape index (κ1) is 22.0. The molecule has 0 fully saturated rings. The maximum absolute atomic E-state index is 14.7. The third-order valence-corrected chi connectivity index (χ3v) is 6.72. The van der Waals surface area contributed by atoms with Crippen LogP contribution in [0, 0.1) is 9.39 Å². The first-order valence-corrected chi connectivity index (χ1v) is 11.4. The van der Waals surface area contributed by atoms with Crippen molar-refractivity contribution in [2.24, 2.45) is 5.10 Å². The molecule has 0 spiro atoms. The Morgan fingerprint density at radius 3 is 2.77 bits per heavy atom. The molecule has 2 heterocycles. The van der Waals surface area contributed by atoms with Crippen molar-refractivity contribution in [1.29, 1.82) is 0 Å².